The van der Waals surface area contributed by atoms with Crippen LogP contribution in [0.4, 0.5) is 17.2 Å². The van der Waals surface area contributed by atoms with Gasteiger partial charge in [-0.2, -0.15) is 0 Å². The van der Waals surface area contributed by atoms with E-state index in [4.69, 9.17) is 21.1 Å². The van der Waals surface area contributed by atoms with Crippen LogP contribution in [0.3, 0.4) is 0 Å². The van der Waals surface area contributed by atoms with Gasteiger partial charge in [0.2, 0.25) is 0 Å². The molecule has 5 aromatic rings. The Hall–Kier alpha value is -4.14. The first-order valence-electron chi connectivity index (χ1n) is 12.6. The molecule has 0 spiro atoms. The van der Waals surface area contributed by atoms with E-state index < -0.39 is 0 Å². The summed E-state index contributed by atoms with van der Waals surface area (Å²) in [4.78, 5) is 24.0. The Labute approximate surface area is 235 Å². The van der Waals surface area contributed by atoms with Crippen LogP contribution in [-0.4, -0.2) is 29.1 Å². The number of aromatic nitrogens is 2. The Morgan fingerprint density at radius 1 is 0.923 bits per heavy atom. The predicted octanol–water partition coefficient (Wildman–Crippen LogP) is 8.11. The van der Waals surface area contributed by atoms with Crippen LogP contribution in [0, 0.1) is 6.92 Å². The van der Waals surface area contributed by atoms with Crippen LogP contribution in [0.25, 0.3) is 21.3 Å². The number of benzene rings is 3. The molecule has 0 bridgehead atoms. The minimum atomic E-state index is -0.237. The van der Waals surface area contributed by atoms with E-state index in [0.717, 1.165) is 26.2 Å². The number of fused-ring (bicyclic) bond motifs is 1. The van der Waals surface area contributed by atoms with E-state index in [1.54, 1.807) is 35.9 Å². The number of carbonyl (C=O) groups excluding carboxylic acids is 1. The highest BCUT2D eigenvalue weighted by molar-refractivity contribution is 7.19. The molecule has 0 radical (unpaired) electrons. The molecular formula is C30H27ClN4O3S. The van der Waals surface area contributed by atoms with Crippen molar-refractivity contribution >= 4 is 56.3 Å². The van der Waals surface area contributed by atoms with E-state index in [-0.39, 0.29) is 5.91 Å². The minimum Gasteiger partial charge on any atom is -0.492 e. The summed E-state index contributed by atoms with van der Waals surface area (Å²) in [5, 5.41) is 8.00. The van der Waals surface area contributed by atoms with Crippen LogP contribution < -0.4 is 20.1 Å². The van der Waals surface area contributed by atoms with Crippen LogP contribution in [0.15, 0.2) is 73.1 Å². The van der Waals surface area contributed by atoms with Crippen LogP contribution in [-0.2, 0) is 0 Å². The van der Waals surface area contributed by atoms with Crippen molar-refractivity contribution in [3.63, 3.8) is 0 Å². The summed E-state index contributed by atoms with van der Waals surface area (Å²) in [6, 6.07) is 20.4. The molecule has 0 aliphatic carbocycles. The Kier molecular flexibility index (Phi) is 7.95. The number of anilines is 3. The van der Waals surface area contributed by atoms with Crippen molar-refractivity contribution in [2.24, 2.45) is 0 Å². The standard InChI is InChI=1S/C30H27ClN4O3S/c1-4-37-24-16-23(35-29(36)20-9-7-6-8-10-20)25(38-5-2)15-22(24)34-28-27-26(19-11-13-21(31)14-12-19)18(3)39-30(27)33-17-32-28/h6-17H,4-5H2,1-3H3,(H,35,36)(H,32,33,34). The van der Waals surface area contributed by atoms with Crippen molar-refractivity contribution in [2.75, 3.05) is 23.8 Å². The summed E-state index contributed by atoms with van der Waals surface area (Å²) in [5.41, 5.74) is 3.79. The van der Waals surface area contributed by atoms with Crippen LogP contribution >= 0.6 is 22.9 Å². The van der Waals surface area contributed by atoms with Gasteiger partial charge in [0.05, 0.1) is 30.0 Å². The zero-order chi connectivity index (χ0) is 27.4. The first-order chi connectivity index (χ1) is 19.0. The fourth-order valence-electron chi connectivity index (χ4n) is 4.32. The third-order valence-corrected chi connectivity index (χ3v) is 7.28. The number of thiophene rings is 1. The van der Waals surface area contributed by atoms with Crippen molar-refractivity contribution in [3.05, 3.63) is 88.5 Å². The van der Waals surface area contributed by atoms with E-state index >= 15 is 0 Å². The normalized spacial score (nSPS) is 10.9. The maximum Gasteiger partial charge on any atom is 0.255 e. The highest BCUT2D eigenvalue weighted by atomic mass is 35.5. The fourth-order valence-corrected chi connectivity index (χ4v) is 5.46. The second-order valence-corrected chi connectivity index (χ2v) is 10.2. The van der Waals surface area contributed by atoms with Gasteiger partial charge >= 0.3 is 0 Å². The number of ether oxygens (including phenoxy) is 2. The number of halogens is 1. The fraction of sp³-hybridized carbons (Fsp3) is 0.167. The number of rotatable bonds is 9. The molecule has 0 atom stereocenters. The molecule has 3 aromatic carbocycles. The molecule has 0 fully saturated rings. The highest BCUT2D eigenvalue weighted by Gasteiger charge is 2.20. The lowest BCUT2D eigenvalue weighted by atomic mass is 10.0. The molecule has 0 saturated heterocycles. The lowest BCUT2D eigenvalue weighted by molar-refractivity contribution is 0.102. The second-order valence-electron chi connectivity index (χ2n) is 8.60. The van der Waals surface area contributed by atoms with E-state index in [0.29, 0.717) is 52.5 Å². The van der Waals surface area contributed by atoms with Gasteiger partial charge in [-0.3, -0.25) is 4.79 Å². The van der Waals surface area contributed by atoms with E-state index in [9.17, 15) is 4.79 Å². The van der Waals surface area contributed by atoms with Gasteiger partial charge in [0.1, 0.15) is 28.5 Å². The number of nitrogens with one attached hydrogen (secondary N) is 2. The topological polar surface area (TPSA) is 85.4 Å². The quantitative estimate of drug-likeness (QED) is 0.190. The molecule has 198 valence electrons. The zero-order valence-electron chi connectivity index (χ0n) is 21.7. The van der Waals surface area contributed by atoms with Crippen LogP contribution in [0.5, 0.6) is 11.5 Å². The summed E-state index contributed by atoms with van der Waals surface area (Å²) in [6.07, 6.45) is 1.55. The van der Waals surface area contributed by atoms with Gasteiger partial charge in [0, 0.05) is 33.2 Å². The number of aryl methyl sites for hydroxylation is 1. The van der Waals surface area contributed by atoms with E-state index in [1.165, 1.54) is 0 Å². The van der Waals surface area contributed by atoms with Gasteiger partial charge < -0.3 is 20.1 Å². The average Bonchev–Trinajstić information content (AvgIpc) is 3.28. The molecule has 7 nitrogen and oxygen atoms in total. The summed E-state index contributed by atoms with van der Waals surface area (Å²) in [6.45, 7) is 6.73. The Bertz CT molecular complexity index is 1620. The average molecular weight is 559 g/mol. The third-order valence-electron chi connectivity index (χ3n) is 6.02. The maximum absolute atomic E-state index is 12.9. The van der Waals surface area contributed by atoms with Crippen molar-refractivity contribution in [3.8, 4) is 22.6 Å². The van der Waals surface area contributed by atoms with Gasteiger partial charge in [-0.05, 0) is 50.6 Å². The SMILES string of the molecule is CCOc1cc(Nc2ncnc3sc(C)c(-c4ccc(Cl)cc4)c23)c(OCC)cc1NC(=O)c1ccccc1. The number of amides is 1. The van der Waals surface area contributed by atoms with Crippen LogP contribution in [0.2, 0.25) is 5.02 Å². The Balaban J connectivity index is 1.58. The molecule has 0 unspecified atom stereocenters. The summed E-state index contributed by atoms with van der Waals surface area (Å²) in [5.74, 6) is 1.46. The molecule has 9 heteroatoms. The zero-order valence-corrected chi connectivity index (χ0v) is 23.3. The third kappa shape index (κ3) is 5.67. The van der Waals surface area contributed by atoms with Crippen molar-refractivity contribution in [1.82, 2.24) is 9.97 Å². The minimum absolute atomic E-state index is 0.237. The highest BCUT2D eigenvalue weighted by Crippen LogP contribution is 2.43. The molecule has 0 aliphatic heterocycles. The Morgan fingerprint density at radius 2 is 1.59 bits per heavy atom. The monoisotopic (exact) mass is 558 g/mol. The molecule has 1 amide bonds. The van der Waals surface area contributed by atoms with Gasteiger partial charge in [-0.25, -0.2) is 9.97 Å². The lowest BCUT2D eigenvalue weighted by Crippen LogP contribution is -2.13. The largest absolute Gasteiger partial charge is 0.492 e. The number of carbonyl (C=O) groups is 1. The van der Waals surface area contributed by atoms with Gasteiger partial charge in [-0.1, -0.05) is 41.9 Å². The van der Waals surface area contributed by atoms with Gasteiger partial charge in [0.15, 0.2) is 0 Å². The van der Waals surface area contributed by atoms with Crippen molar-refractivity contribution < 1.29 is 14.3 Å². The lowest BCUT2D eigenvalue weighted by Gasteiger charge is -2.18. The number of hydrogen-bond acceptors (Lipinski definition) is 7. The van der Waals surface area contributed by atoms with E-state index in [2.05, 4.69) is 27.5 Å². The Morgan fingerprint density at radius 3 is 2.28 bits per heavy atom. The van der Waals surface area contributed by atoms with Gasteiger partial charge in [-0.15, -0.1) is 11.3 Å². The molecule has 2 heterocycles. The van der Waals surface area contributed by atoms with E-state index in [1.807, 2.05) is 62.4 Å². The second kappa shape index (κ2) is 11.7. The number of hydrogen-bond donors (Lipinski definition) is 2. The van der Waals surface area contributed by atoms with Gasteiger partial charge in [0.25, 0.3) is 5.91 Å². The molecule has 39 heavy (non-hydrogen) atoms. The molecule has 0 aliphatic rings. The van der Waals surface area contributed by atoms with Crippen molar-refractivity contribution in [1.29, 1.82) is 0 Å². The maximum atomic E-state index is 12.9. The first kappa shape index (κ1) is 26.5. The smallest absolute Gasteiger partial charge is 0.255 e. The summed E-state index contributed by atoms with van der Waals surface area (Å²) >= 11 is 7.76. The molecule has 2 N–H and O–H groups in total. The van der Waals surface area contributed by atoms with Crippen molar-refractivity contribution in [2.45, 2.75) is 20.8 Å². The summed E-state index contributed by atoms with van der Waals surface area (Å²) in [7, 11) is 0. The first-order valence-corrected chi connectivity index (χ1v) is 13.7. The molecule has 2 aromatic heterocycles. The molecule has 5 rings (SSSR count). The molecular weight excluding hydrogens is 532 g/mol. The molecule has 0 saturated carbocycles. The predicted molar refractivity (Wildman–Crippen MR) is 159 cm³/mol. The number of nitrogens with zero attached hydrogens (tertiary/aromatic N) is 2. The summed E-state index contributed by atoms with van der Waals surface area (Å²) < 4.78 is 11.9. The van der Waals surface area contributed by atoms with Crippen LogP contribution in [0.1, 0.15) is 29.1 Å².